The van der Waals surface area contributed by atoms with Crippen LogP contribution < -0.4 is 0 Å². The fourth-order valence-corrected chi connectivity index (χ4v) is 2.77. The van der Waals surface area contributed by atoms with Crippen LogP contribution in [-0.2, 0) is 13.1 Å². The van der Waals surface area contributed by atoms with Crippen LogP contribution in [0.3, 0.4) is 0 Å². The van der Waals surface area contributed by atoms with E-state index in [0.717, 1.165) is 30.1 Å². The van der Waals surface area contributed by atoms with Crippen LogP contribution in [0.25, 0.3) is 0 Å². The first kappa shape index (κ1) is 15.3. The van der Waals surface area contributed by atoms with Gasteiger partial charge in [0.1, 0.15) is 0 Å². The minimum Gasteiger partial charge on any atom is -0.265 e. The molecule has 4 heteroatoms. The molecule has 0 spiro atoms. The summed E-state index contributed by atoms with van der Waals surface area (Å²) in [7, 11) is 0. The van der Waals surface area contributed by atoms with Crippen molar-refractivity contribution in [1.82, 2.24) is 19.6 Å². The van der Waals surface area contributed by atoms with Crippen molar-refractivity contribution in [3.8, 4) is 0 Å². The minimum absolute atomic E-state index is 0.744. The monoisotopic (exact) mass is 306 g/mol. The maximum absolute atomic E-state index is 4.52. The summed E-state index contributed by atoms with van der Waals surface area (Å²) in [4.78, 5) is 0. The summed E-state index contributed by atoms with van der Waals surface area (Å²) in [5.41, 5.74) is 10.2. The standard InChI is InChI=1S/C19H22N4/c1-14-10-16(3)22(20-14)12-18-6-5-7-19(9-8-18)13-23-17(4)11-15(2)21-23/h5-8,10-11H,12-13H2,1-4H3. The van der Waals surface area contributed by atoms with E-state index in [2.05, 4.69) is 66.2 Å². The number of hydrogen-bond acceptors (Lipinski definition) is 2. The van der Waals surface area contributed by atoms with Crippen molar-refractivity contribution in [2.45, 2.75) is 40.8 Å². The molecule has 2 aromatic heterocycles. The molecule has 0 atom stereocenters. The van der Waals surface area contributed by atoms with Crippen molar-refractivity contribution in [3.05, 3.63) is 76.1 Å². The van der Waals surface area contributed by atoms with Gasteiger partial charge in [-0.3, -0.25) is 9.36 Å². The Labute approximate surface area is 137 Å². The van der Waals surface area contributed by atoms with Gasteiger partial charge in [0.15, 0.2) is 0 Å². The lowest BCUT2D eigenvalue weighted by atomic mass is 10.2. The van der Waals surface area contributed by atoms with Crippen LogP contribution in [0.4, 0.5) is 0 Å². The number of allylic oxidation sites excluding steroid dienone is 5. The van der Waals surface area contributed by atoms with E-state index >= 15 is 0 Å². The summed E-state index contributed by atoms with van der Waals surface area (Å²) in [6, 6.07) is 4.19. The Kier molecular flexibility index (Phi) is 4.18. The molecule has 0 N–H and O–H groups in total. The molecule has 0 saturated carbocycles. The second-order valence-corrected chi connectivity index (χ2v) is 6.08. The van der Waals surface area contributed by atoms with Gasteiger partial charge in [-0.2, -0.15) is 10.2 Å². The number of aromatic nitrogens is 4. The van der Waals surface area contributed by atoms with Crippen LogP contribution in [0.5, 0.6) is 0 Å². The van der Waals surface area contributed by atoms with Crippen LogP contribution in [0.2, 0.25) is 0 Å². The molecule has 0 unspecified atom stereocenters. The van der Waals surface area contributed by atoms with Gasteiger partial charge in [-0.05, 0) is 57.6 Å². The van der Waals surface area contributed by atoms with Gasteiger partial charge in [0.2, 0.25) is 0 Å². The Hall–Kier alpha value is -2.58. The predicted octanol–water partition coefficient (Wildman–Crippen LogP) is 3.59. The normalized spacial score (nSPS) is 13.9. The topological polar surface area (TPSA) is 35.6 Å². The van der Waals surface area contributed by atoms with E-state index in [1.165, 1.54) is 17.0 Å². The van der Waals surface area contributed by atoms with Gasteiger partial charge >= 0.3 is 0 Å². The smallest absolute Gasteiger partial charge is 0.0734 e. The molecule has 0 aliphatic heterocycles. The molecule has 0 radical (unpaired) electrons. The van der Waals surface area contributed by atoms with Crippen molar-refractivity contribution < 1.29 is 0 Å². The molecule has 1 aliphatic carbocycles. The first-order valence-corrected chi connectivity index (χ1v) is 7.86. The molecule has 0 amide bonds. The fraction of sp³-hybridized carbons (Fsp3) is 0.316. The SMILES string of the molecule is Cc1cc(C)n(CC2=C=CC(Cn3nc(C)cc3C)=CC=C2)n1. The third-order valence-corrected chi connectivity index (χ3v) is 3.91. The summed E-state index contributed by atoms with van der Waals surface area (Å²) < 4.78 is 4.04. The van der Waals surface area contributed by atoms with E-state index in [-0.39, 0.29) is 0 Å². The summed E-state index contributed by atoms with van der Waals surface area (Å²) in [5, 5.41) is 9.03. The lowest BCUT2D eigenvalue weighted by molar-refractivity contribution is 0.657. The van der Waals surface area contributed by atoms with Crippen molar-refractivity contribution >= 4 is 0 Å². The highest BCUT2D eigenvalue weighted by atomic mass is 15.3. The third-order valence-electron chi connectivity index (χ3n) is 3.91. The van der Waals surface area contributed by atoms with Crippen molar-refractivity contribution in [1.29, 1.82) is 0 Å². The van der Waals surface area contributed by atoms with E-state index in [0.29, 0.717) is 0 Å². The summed E-state index contributed by atoms with van der Waals surface area (Å²) in [6.07, 6.45) is 8.36. The maximum Gasteiger partial charge on any atom is 0.0734 e. The predicted molar refractivity (Wildman–Crippen MR) is 92.2 cm³/mol. The van der Waals surface area contributed by atoms with Gasteiger partial charge in [-0.25, -0.2) is 0 Å². The minimum atomic E-state index is 0.744. The van der Waals surface area contributed by atoms with Crippen LogP contribution >= 0.6 is 0 Å². The zero-order valence-corrected chi connectivity index (χ0v) is 14.2. The molecule has 1 aliphatic rings. The molecule has 2 heterocycles. The number of hydrogen-bond donors (Lipinski definition) is 0. The number of rotatable bonds is 4. The zero-order valence-electron chi connectivity index (χ0n) is 14.2. The first-order valence-electron chi connectivity index (χ1n) is 7.86. The average Bonchev–Trinajstić information content (AvgIpc) is 2.86. The Morgan fingerprint density at radius 2 is 1.52 bits per heavy atom. The third kappa shape index (κ3) is 3.61. The van der Waals surface area contributed by atoms with Crippen molar-refractivity contribution in [2.75, 3.05) is 0 Å². The Balaban J connectivity index is 1.77. The van der Waals surface area contributed by atoms with Gasteiger partial charge in [-0.15, -0.1) is 5.73 Å². The molecule has 0 saturated heterocycles. The number of nitrogens with zero attached hydrogens (tertiary/aromatic N) is 4. The zero-order chi connectivity index (χ0) is 16.4. The summed E-state index contributed by atoms with van der Waals surface area (Å²) in [6.45, 7) is 9.72. The highest BCUT2D eigenvalue weighted by Crippen LogP contribution is 2.12. The second-order valence-electron chi connectivity index (χ2n) is 6.08. The molecular formula is C19H22N4. The summed E-state index contributed by atoms with van der Waals surface area (Å²) in [5.74, 6) is 0. The second kappa shape index (κ2) is 6.27. The molecule has 0 fully saturated rings. The molecule has 4 nitrogen and oxygen atoms in total. The van der Waals surface area contributed by atoms with Crippen LogP contribution in [0, 0.1) is 27.7 Å². The quantitative estimate of drug-likeness (QED) is 0.809. The van der Waals surface area contributed by atoms with Gasteiger partial charge in [0, 0.05) is 17.0 Å². The molecule has 0 bridgehead atoms. The van der Waals surface area contributed by atoms with E-state index in [4.69, 9.17) is 0 Å². The van der Waals surface area contributed by atoms with Gasteiger partial charge < -0.3 is 0 Å². The highest BCUT2D eigenvalue weighted by Gasteiger charge is 2.05. The van der Waals surface area contributed by atoms with Crippen LogP contribution in [0.15, 0.2) is 53.3 Å². The molecule has 118 valence electrons. The molecule has 0 aromatic carbocycles. The van der Waals surface area contributed by atoms with Crippen LogP contribution in [-0.4, -0.2) is 19.6 Å². The Morgan fingerprint density at radius 3 is 2.09 bits per heavy atom. The largest absolute Gasteiger partial charge is 0.265 e. The molecule has 2 aromatic rings. The first-order chi connectivity index (χ1) is 11.0. The maximum atomic E-state index is 4.52. The number of aryl methyl sites for hydroxylation is 4. The lowest BCUT2D eigenvalue weighted by Crippen LogP contribution is -2.04. The van der Waals surface area contributed by atoms with Gasteiger partial charge in [-0.1, -0.05) is 12.2 Å². The van der Waals surface area contributed by atoms with Gasteiger partial charge in [0.25, 0.3) is 0 Å². The van der Waals surface area contributed by atoms with E-state index in [1.54, 1.807) is 0 Å². The summed E-state index contributed by atoms with van der Waals surface area (Å²) >= 11 is 0. The molecular weight excluding hydrogens is 284 g/mol. The van der Waals surface area contributed by atoms with E-state index < -0.39 is 0 Å². The van der Waals surface area contributed by atoms with E-state index in [1.807, 2.05) is 23.2 Å². The fourth-order valence-electron chi connectivity index (χ4n) is 2.77. The van der Waals surface area contributed by atoms with Gasteiger partial charge in [0.05, 0.1) is 24.5 Å². The van der Waals surface area contributed by atoms with E-state index in [9.17, 15) is 0 Å². The molecule has 3 rings (SSSR count). The van der Waals surface area contributed by atoms with Crippen LogP contribution in [0.1, 0.15) is 22.8 Å². The van der Waals surface area contributed by atoms with Crippen molar-refractivity contribution in [2.24, 2.45) is 0 Å². The Bertz CT molecular complexity index is 852. The Morgan fingerprint density at radius 1 is 0.913 bits per heavy atom. The lowest BCUT2D eigenvalue weighted by Gasteiger charge is -2.04. The van der Waals surface area contributed by atoms with Crippen molar-refractivity contribution in [3.63, 3.8) is 0 Å². The highest BCUT2D eigenvalue weighted by molar-refractivity contribution is 5.34. The molecule has 23 heavy (non-hydrogen) atoms. The average molecular weight is 306 g/mol.